The summed E-state index contributed by atoms with van der Waals surface area (Å²) in [6, 6.07) is 13.7. The van der Waals surface area contributed by atoms with Crippen LogP contribution in [0.1, 0.15) is 21.5 Å². The Balaban J connectivity index is 1.15. The van der Waals surface area contributed by atoms with Crippen LogP contribution in [-0.4, -0.2) is 85.3 Å². The molecule has 2 aromatic carbocycles. The molecule has 0 unspecified atom stereocenters. The average Bonchev–Trinajstić information content (AvgIpc) is 3.69. The zero-order chi connectivity index (χ0) is 28.8. The van der Waals surface area contributed by atoms with Crippen LogP contribution < -0.4 is 9.47 Å². The first-order chi connectivity index (χ1) is 20.5. The molecule has 1 N–H and O–H groups in total. The number of ketones is 1. The van der Waals surface area contributed by atoms with Gasteiger partial charge in [-0.05, 0) is 31.2 Å². The van der Waals surface area contributed by atoms with E-state index in [9.17, 15) is 9.59 Å². The Morgan fingerprint density at radius 2 is 1.88 bits per heavy atom. The minimum absolute atomic E-state index is 0.212. The summed E-state index contributed by atoms with van der Waals surface area (Å²) in [6.07, 6.45) is 5.91. The number of aryl methyl sites for hydroxylation is 1. The number of H-pyrrole nitrogens is 1. The van der Waals surface area contributed by atoms with E-state index in [0.29, 0.717) is 54.4 Å². The van der Waals surface area contributed by atoms with Crippen LogP contribution in [0.4, 0.5) is 5.69 Å². The minimum Gasteiger partial charge on any atom is -0.494 e. The van der Waals surface area contributed by atoms with Crippen LogP contribution in [0.3, 0.4) is 0 Å². The number of aromatic amines is 1. The highest BCUT2D eigenvalue weighted by atomic mass is 16.5. The molecule has 0 bridgehead atoms. The summed E-state index contributed by atoms with van der Waals surface area (Å²) in [4.78, 5) is 47.2. The first-order valence-electron chi connectivity index (χ1n) is 13.5. The van der Waals surface area contributed by atoms with Crippen molar-refractivity contribution < 1.29 is 19.1 Å². The third-order valence-corrected chi connectivity index (χ3v) is 7.50. The Labute approximate surface area is 240 Å². The lowest BCUT2D eigenvalue weighted by Crippen LogP contribution is -2.52. The number of amides is 1. The summed E-state index contributed by atoms with van der Waals surface area (Å²) in [5, 5.41) is 4.60. The third kappa shape index (κ3) is 4.24. The van der Waals surface area contributed by atoms with Gasteiger partial charge in [-0.2, -0.15) is 5.10 Å². The maximum absolute atomic E-state index is 13.6. The van der Waals surface area contributed by atoms with Gasteiger partial charge in [0.25, 0.3) is 11.7 Å². The quantitative estimate of drug-likeness (QED) is 0.259. The number of carbonyl (C=O) groups is 2. The van der Waals surface area contributed by atoms with E-state index in [-0.39, 0.29) is 5.56 Å². The number of benzene rings is 2. The van der Waals surface area contributed by atoms with Crippen LogP contribution in [0.2, 0.25) is 0 Å². The molecule has 1 fully saturated rings. The fourth-order valence-electron chi connectivity index (χ4n) is 5.39. The second kappa shape index (κ2) is 10.1. The smallest absolute Gasteiger partial charge is 0.295 e. The van der Waals surface area contributed by atoms with Gasteiger partial charge in [-0.1, -0.05) is 23.8 Å². The van der Waals surface area contributed by atoms with Crippen molar-refractivity contribution in [1.82, 2.24) is 34.5 Å². The number of hydrogen-bond donors (Lipinski definition) is 1. The molecule has 3 aromatic heterocycles. The van der Waals surface area contributed by atoms with E-state index in [0.717, 1.165) is 28.4 Å². The molecule has 2 aliphatic heterocycles. The van der Waals surface area contributed by atoms with Crippen molar-refractivity contribution in [3.05, 3.63) is 84.2 Å². The lowest BCUT2D eigenvalue weighted by molar-refractivity contribution is -0.127. The molecule has 1 amide bonds. The standard InChI is InChI=1S/C30H26N8O4/c1-18-7-8-22-19(13-18)28(35-21-5-3-4-6-23(21)42-22)36-9-11-37(12-10-36)30(40)27(39)20-14-32-26-25(20)24(41-2)15-33-29(26)38-17-31-16-34-38/h3-8,13-17,32H,9-12H2,1-2H3. The second-order valence-electron chi connectivity index (χ2n) is 10.1. The molecule has 12 nitrogen and oxygen atoms in total. The molecule has 5 heterocycles. The molecule has 0 aliphatic carbocycles. The highest BCUT2D eigenvalue weighted by Crippen LogP contribution is 2.38. The van der Waals surface area contributed by atoms with Gasteiger partial charge in [-0.25, -0.2) is 19.6 Å². The minimum atomic E-state index is -0.626. The van der Waals surface area contributed by atoms with Crippen molar-refractivity contribution in [2.45, 2.75) is 6.92 Å². The van der Waals surface area contributed by atoms with Gasteiger partial charge in [0.05, 0.1) is 35.3 Å². The summed E-state index contributed by atoms with van der Waals surface area (Å²) >= 11 is 0. The number of aromatic nitrogens is 5. The van der Waals surface area contributed by atoms with Gasteiger partial charge in [0.15, 0.2) is 11.6 Å². The fraction of sp³-hybridized carbons (Fsp3) is 0.200. The summed E-state index contributed by atoms with van der Waals surface area (Å²) in [5.74, 6) is 1.81. The Hall–Kier alpha value is -5.52. The predicted octanol–water partition coefficient (Wildman–Crippen LogP) is 3.67. The Morgan fingerprint density at radius 3 is 2.67 bits per heavy atom. The molecule has 1 saturated heterocycles. The molecule has 0 spiro atoms. The topological polar surface area (TPSA) is 131 Å². The van der Waals surface area contributed by atoms with Gasteiger partial charge >= 0.3 is 0 Å². The largest absolute Gasteiger partial charge is 0.494 e. The SMILES string of the molecule is COc1cnc(-n2cncn2)c2[nH]cc(C(=O)C(=O)N3CCN(C4=Nc5ccccc5Oc5ccc(C)cc54)CC3)c12. The van der Waals surface area contributed by atoms with Crippen molar-refractivity contribution in [2.24, 2.45) is 4.99 Å². The second-order valence-corrected chi connectivity index (χ2v) is 10.1. The molecule has 12 heteroatoms. The number of ether oxygens (including phenoxy) is 2. The van der Waals surface area contributed by atoms with Crippen molar-refractivity contribution >= 4 is 34.1 Å². The highest BCUT2D eigenvalue weighted by molar-refractivity contribution is 6.45. The highest BCUT2D eigenvalue weighted by Gasteiger charge is 2.32. The number of pyridine rings is 1. The van der Waals surface area contributed by atoms with Gasteiger partial charge in [-0.3, -0.25) is 9.59 Å². The van der Waals surface area contributed by atoms with Crippen LogP contribution in [0, 0.1) is 6.92 Å². The monoisotopic (exact) mass is 562 g/mol. The zero-order valence-electron chi connectivity index (χ0n) is 22.9. The number of amidine groups is 1. The van der Waals surface area contributed by atoms with Crippen LogP contribution in [0.25, 0.3) is 16.7 Å². The number of nitrogens with zero attached hydrogens (tertiary/aromatic N) is 7. The summed E-state index contributed by atoms with van der Waals surface area (Å²) < 4.78 is 13.2. The number of nitrogens with one attached hydrogen (secondary N) is 1. The molecular weight excluding hydrogens is 536 g/mol. The van der Waals surface area contributed by atoms with Crippen LogP contribution in [-0.2, 0) is 4.79 Å². The van der Waals surface area contributed by atoms with Crippen molar-refractivity contribution in [2.75, 3.05) is 33.3 Å². The molecule has 7 rings (SSSR count). The fourth-order valence-corrected chi connectivity index (χ4v) is 5.39. The first-order valence-corrected chi connectivity index (χ1v) is 13.5. The van der Waals surface area contributed by atoms with E-state index in [1.54, 1.807) is 4.90 Å². The van der Waals surface area contributed by atoms with Crippen molar-refractivity contribution in [3.63, 3.8) is 0 Å². The molecule has 42 heavy (non-hydrogen) atoms. The molecule has 0 radical (unpaired) electrons. The maximum Gasteiger partial charge on any atom is 0.295 e. The molecule has 0 atom stereocenters. The van der Waals surface area contributed by atoms with Crippen molar-refractivity contribution in [3.8, 4) is 23.1 Å². The Morgan fingerprint density at radius 1 is 1.05 bits per heavy atom. The molecule has 210 valence electrons. The van der Waals surface area contributed by atoms with Gasteiger partial charge in [-0.15, -0.1) is 0 Å². The lowest BCUT2D eigenvalue weighted by Gasteiger charge is -2.36. The average molecular weight is 563 g/mol. The number of hydrogen-bond acceptors (Lipinski definition) is 9. The van der Waals surface area contributed by atoms with E-state index in [1.165, 1.54) is 36.8 Å². The van der Waals surface area contributed by atoms with Crippen LogP contribution in [0.15, 0.2) is 72.5 Å². The van der Waals surface area contributed by atoms with E-state index in [4.69, 9.17) is 14.5 Å². The Kier molecular flexibility index (Phi) is 6.15. The lowest BCUT2D eigenvalue weighted by atomic mass is 10.1. The molecule has 0 saturated carbocycles. The first kappa shape index (κ1) is 25.4. The van der Waals surface area contributed by atoms with E-state index < -0.39 is 11.7 Å². The van der Waals surface area contributed by atoms with Crippen LogP contribution >= 0.6 is 0 Å². The maximum atomic E-state index is 13.6. The van der Waals surface area contributed by atoms with E-state index in [2.05, 4.69) is 31.0 Å². The summed E-state index contributed by atoms with van der Waals surface area (Å²) in [7, 11) is 1.49. The third-order valence-electron chi connectivity index (χ3n) is 7.50. The Bertz CT molecular complexity index is 1870. The zero-order valence-corrected chi connectivity index (χ0v) is 22.9. The summed E-state index contributed by atoms with van der Waals surface area (Å²) in [6.45, 7) is 3.76. The number of fused-ring (bicyclic) bond motifs is 3. The number of para-hydroxylation sites is 2. The van der Waals surface area contributed by atoms with Gasteiger partial charge in [0, 0.05) is 32.4 Å². The van der Waals surface area contributed by atoms with E-state index in [1.807, 2.05) is 43.3 Å². The van der Waals surface area contributed by atoms with Crippen LogP contribution in [0.5, 0.6) is 17.2 Å². The number of methoxy groups -OCH3 is 1. The van der Waals surface area contributed by atoms with Gasteiger partial charge in [0.2, 0.25) is 0 Å². The number of Topliss-reactive ketones (excluding diaryl/α,β-unsaturated/α-hetero) is 1. The summed E-state index contributed by atoms with van der Waals surface area (Å²) in [5.41, 5.74) is 3.45. The van der Waals surface area contributed by atoms with Crippen molar-refractivity contribution in [1.29, 1.82) is 0 Å². The number of aliphatic imine (C=N–C) groups is 1. The predicted molar refractivity (Wildman–Crippen MR) is 154 cm³/mol. The number of piperazine rings is 1. The van der Waals surface area contributed by atoms with Gasteiger partial charge in [0.1, 0.15) is 35.7 Å². The van der Waals surface area contributed by atoms with Gasteiger partial charge < -0.3 is 24.3 Å². The molecule has 5 aromatic rings. The number of rotatable bonds is 4. The van der Waals surface area contributed by atoms with E-state index >= 15 is 0 Å². The number of carbonyl (C=O) groups excluding carboxylic acids is 2. The normalized spacial score (nSPS) is 14.5. The molecule has 2 aliphatic rings. The molecular formula is C30H26N8O4.